The Morgan fingerprint density at radius 2 is 2.30 bits per heavy atom. The molecule has 0 saturated carbocycles. The molecule has 0 aliphatic rings. The first kappa shape index (κ1) is 13.9. The van der Waals surface area contributed by atoms with Crippen LogP contribution < -0.4 is 10.1 Å². The molecule has 20 heavy (non-hydrogen) atoms. The third-order valence-corrected chi connectivity index (χ3v) is 2.66. The summed E-state index contributed by atoms with van der Waals surface area (Å²) in [6.07, 6.45) is 1.65. The average molecular weight is 276 g/mol. The van der Waals surface area contributed by atoms with E-state index in [1.54, 1.807) is 25.3 Å². The van der Waals surface area contributed by atoms with Crippen LogP contribution in [-0.4, -0.2) is 22.7 Å². The summed E-state index contributed by atoms with van der Waals surface area (Å²) in [6.45, 7) is 4.56. The van der Waals surface area contributed by atoms with Gasteiger partial charge < -0.3 is 19.6 Å². The van der Waals surface area contributed by atoms with Crippen molar-refractivity contribution in [3.63, 3.8) is 0 Å². The summed E-state index contributed by atoms with van der Waals surface area (Å²) in [5.74, 6) is 0.0527. The predicted molar refractivity (Wildman–Crippen MR) is 73.1 cm³/mol. The number of furan rings is 1. The fourth-order valence-corrected chi connectivity index (χ4v) is 1.75. The van der Waals surface area contributed by atoms with Crippen LogP contribution in [0.3, 0.4) is 0 Å². The Morgan fingerprint density at radius 1 is 1.50 bits per heavy atom. The van der Waals surface area contributed by atoms with Gasteiger partial charge in [-0.1, -0.05) is 0 Å². The Balaban J connectivity index is 1.98. The van der Waals surface area contributed by atoms with E-state index in [9.17, 15) is 4.79 Å². The molecule has 0 atom stereocenters. The van der Waals surface area contributed by atoms with Gasteiger partial charge in [-0.05, 0) is 26.0 Å². The summed E-state index contributed by atoms with van der Waals surface area (Å²) in [4.78, 5) is 15.0. The predicted octanol–water partition coefficient (Wildman–Crippen LogP) is 2.69. The number of ether oxygens (including phenoxy) is 1. The second-order valence-corrected chi connectivity index (χ2v) is 4.20. The topological polar surface area (TPSA) is 84.6 Å². The maximum atomic E-state index is 10.9. The van der Waals surface area contributed by atoms with Gasteiger partial charge in [0.15, 0.2) is 0 Å². The van der Waals surface area contributed by atoms with E-state index < -0.39 is 5.97 Å². The minimum atomic E-state index is -1.06. The van der Waals surface area contributed by atoms with E-state index >= 15 is 0 Å². The highest BCUT2D eigenvalue weighted by molar-refractivity contribution is 5.86. The second kappa shape index (κ2) is 6.10. The molecular weight excluding hydrogens is 260 g/mol. The molecule has 0 aliphatic heterocycles. The molecule has 0 bridgehead atoms. The highest BCUT2D eigenvalue weighted by Gasteiger charge is 2.13. The number of nitrogens with one attached hydrogen (secondary N) is 1. The van der Waals surface area contributed by atoms with E-state index in [4.69, 9.17) is 14.3 Å². The third-order valence-electron chi connectivity index (χ3n) is 2.66. The Kier molecular flexibility index (Phi) is 4.24. The van der Waals surface area contributed by atoms with E-state index in [1.165, 1.54) is 0 Å². The van der Waals surface area contributed by atoms with Gasteiger partial charge in [0, 0.05) is 11.6 Å². The van der Waals surface area contributed by atoms with Crippen molar-refractivity contribution in [1.82, 2.24) is 4.98 Å². The first-order valence-electron chi connectivity index (χ1n) is 6.25. The number of hydrogen-bond donors (Lipinski definition) is 2. The van der Waals surface area contributed by atoms with Crippen LogP contribution in [0, 0.1) is 6.92 Å². The monoisotopic (exact) mass is 276 g/mol. The average Bonchev–Trinajstić information content (AvgIpc) is 2.80. The van der Waals surface area contributed by atoms with Crippen molar-refractivity contribution in [2.45, 2.75) is 20.4 Å². The van der Waals surface area contributed by atoms with Crippen molar-refractivity contribution in [2.75, 3.05) is 11.9 Å². The van der Waals surface area contributed by atoms with Crippen LogP contribution in [-0.2, 0) is 6.54 Å². The van der Waals surface area contributed by atoms with Crippen molar-refractivity contribution in [2.24, 2.45) is 0 Å². The van der Waals surface area contributed by atoms with Crippen molar-refractivity contribution in [3.05, 3.63) is 41.5 Å². The number of pyridine rings is 1. The molecular formula is C14H16N2O4. The molecule has 6 heteroatoms. The Morgan fingerprint density at radius 3 is 2.85 bits per heavy atom. The molecule has 0 saturated heterocycles. The smallest absolute Gasteiger partial charge is 0.372 e. The molecule has 2 rings (SSSR count). The molecule has 0 spiro atoms. The van der Waals surface area contributed by atoms with Crippen LogP contribution in [0.25, 0.3) is 0 Å². The highest BCUT2D eigenvalue weighted by Crippen LogP contribution is 2.17. The summed E-state index contributed by atoms with van der Waals surface area (Å²) in [7, 11) is 0. The number of aromatic nitrogens is 1. The lowest BCUT2D eigenvalue weighted by molar-refractivity contribution is 0.0659. The summed E-state index contributed by atoms with van der Waals surface area (Å²) < 4.78 is 10.5. The van der Waals surface area contributed by atoms with E-state index in [0.717, 1.165) is 5.69 Å². The zero-order valence-electron chi connectivity index (χ0n) is 11.3. The lowest BCUT2D eigenvalue weighted by atomic mass is 10.2. The van der Waals surface area contributed by atoms with Gasteiger partial charge in [-0.2, -0.15) is 0 Å². The summed E-state index contributed by atoms with van der Waals surface area (Å²) in [5.41, 5.74) is 1.42. The quantitative estimate of drug-likeness (QED) is 0.843. The van der Waals surface area contributed by atoms with Gasteiger partial charge in [0.05, 0.1) is 25.0 Å². The summed E-state index contributed by atoms with van der Waals surface area (Å²) >= 11 is 0. The van der Waals surface area contributed by atoms with Gasteiger partial charge in [0.25, 0.3) is 0 Å². The van der Waals surface area contributed by atoms with Crippen molar-refractivity contribution in [3.8, 4) is 5.88 Å². The Labute approximate surface area is 116 Å². The molecule has 2 aromatic rings. The number of carboxylic acids is 1. The van der Waals surface area contributed by atoms with E-state index in [0.29, 0.717) is 30.4 Å². The van der Waals surface area contributed by atoms with Crippen LogP contribution in [0.2, 0.25) is 0 Å². The summed E-state index contributed by atoms with van der Waals surface area (Å²) in [6, 6.07) is 5.31. The maximum Gasteiger partial charge on any atom is 0.372 e. The number of carboxylic acid groups (broad SMARTS) is 1. The summed E-state index contributed by atoms with van der Waals surface area (Å²) in [5, 5.41) is 12.0. The van der Waals surface area contributed by atoms with Gasteiger partial charge in [0.1, 0.15) is 5.76 Å². The molecule has 0 aromatic carbocycles. The Bertz CT molecular complexity index is 590. The van der Waals surface area contributed by atoms with Crippen LogP contribution in [0.5, 0.6) is 5.88 Å². The first-order chi connectivity index (χ1) is 9.60. The first-order valence-corrected chi connectivity index (χ1v) is 6.25. The van der Waals surface area contributed by atoms with Crippen LogP contribution in [0.15, 0.2) is 28.8 Å². The molecule has 0 amide bonds. The molecule has 106 valence electrons. The minimum Gasteiger partial charge on any atom is -0.478 e. The van der Waals surface area contributed by atoms with Crippen molar-refractivity contribution < 1.29 is 19.1 Å². The number of anilines is 1. The van der Waals surface area contributed by atoms with Gasteiger partial charge in [-0.3, -0.25) is 0 Å². The highest BCUT2D eigenvalue weighted by atomic mass is 16.5. The standard InChI is InChI=1S/C14H16N2O4/c1-3-19-12-5-4-10(7-16-12)15-8-11-6-9(2)13(20-11)14(17)18/h4-7,15H,3,8H2,1-2H3,(H,17,18). The molecule has 2 aromatic heterocycles. The zero-order valence-corrected chi connectivity index (χ0v) is 11.3. The lowest BCUT2D eigenvalue weighted by Gasteiger charge is -2.05. The molecule has 2 heterocycles. The molecule has 0 unspecified atom stereocenters. The van der Waals surface area contributed by atoms with Crippen LogP contribution in [0.4, 0.5) is 5.69 Å². The van der Waals surface area contributed by atoms with E-state index in [1.807, 2.05) is 13.0 Å². The maximum absolute atomic E-state index is 10.9. The van der Waals surface area contributed by atoms with Gasteiger partial charge >= 0.3 is 5.97 Å². The molecule has 6 nitrogen and oxygen atoms in total. The normalized spacial score (nSPS) is 10.3. The van der Waals surface area contributed by atoms with E-state index in [-0.39, 0.29) is 5.76 Å². The molecule has 0 fully saturated rings. The largest absolute Gasteiger partial charge is 0.478 e. The van der Waals surface area contributed by atoms with Gasteiger partial charge in [-0.15, -0.1) is 0 Å². The van der Waals surface area contributed by atoms with E-state index in [2.05, 4.69) is 10.3 Å². The fourth-order valence-electron chi connectivity index (χ4n) is 1.75. The van der Waals surface area contributed by atoms with Crippen molar-refractivity contribution >= 4 is 11.7 Å². The number of nitrogens with zero attached hydrogens (tertiary/aromatic N) is 1. The van der Waals surface area contributed by atoms with Crippen LogP contribution >= 0.6 is 0 Å². The number of hydrogen-bond acceptors (Lipinski definition) is 5. The second-order valence-electron chi connectivity index (χ2n) is 4.20. The molecule has 0 aliphatic carbocycles. The number of aromatic carboxylic acids is 1. The fraction of sp³-hybridized carbons (Fsp3) is 0.286. The minimum absolute atomic E-state index is 0.0216. The Hall–Kier alpha value is -2.50. The number of carbonyl (C=O) groups is 1. The van der Waals surface area contributed by atoms with Crippen molar-refractivity contribution in [1.29, 1.82) is 0 Å². The number of aryl methyl sites for hydroxylation is 1. The van der Waals surface area contributed by atoms with Gasteiger partial charge in [-0.25, -0.2) is 9.78 Å². The third kappa shape index (κ3) is 3.28. The zero-order chi connectivity index (χ0) is 14.5. The molecule has 0 radical (unpaired) electrons. The number of rotatable bonds is 6. The lowest BCUT2D eigenvalue weighted by Crippen LogP contribution is -2.00. The SMILES string of the molecule is CCOc1ccc(NCc2cc(C)c(C(=O)O)o2)cn1. The molecule has 2 N–H and O–H groups in total. The van der Waals surface area contributed by atoms with Crippen LogP contribution in [0.1, 0.15) is 28.8 Å². The van der Waals surface area contributed by atoms with Gasteiger partial charge in [0.2, 0.25) is 11.6 Å².